The number of non-ortho nitro benzene ring substituents is 1. The molecule has 3 aliphatic rings. The number of imide groups is 1. The minimum Gasteiger partial charge on any atom is -0.351 e. The summed E-state index contributed by atoms with van der Waals surface area (Å²) in [6, 6.07) is 24.7. The van der Waals surface area contributed by atoms with Crippen LogP contribution >= 0.6 is 0 Å². The summed E-state index contributed by atoms with van der Waals surface area (Å²) in [5.74, 6) is -2.90. The number of amides is 3. The molecule has 2 fully saturated rings. The van der Waals surface area contributed by atoms with Gasteiger partial charge in [0.15, 0.2) is 0 Å². The zero-order valence-electron chi connectivity index (χ0n) is 21.0. The molecule has 7 rings (SSSR count). The molecule has 9 heteroatoms. The fraction of sp³-hybridized carbons (Fsp3) is 0.129. The summed E-state index contributed by atoms with van der Waals surface area (Å²) < 4.78 is 0. The third kappa shape index (κ3) is 3.44. The first kappa shape index (κ1) is 23.8. The van der Waals surface area contributed by atoms with E-state index in [4.69, 9.17) is 0 Å². The van der Waals surface area contributed by atoms with Crippen molar-refractivity contribution in [2.45, 2.75) is 12.1 Å². The van der Waals surface area contributed by atoms with E-state index in [2.05, 4.69) is 5.32 Å². The van der Waals surface area contributed by atoms with Crippen molar-refractivity contribution >= 4 is 57.3 Å². The van der Waals surface area contributed by atoms with Crippen LogP contribution in [0, 0.1) is 22.0 Å². The Bertz CT molecular complexity index is 1760. The van der Waals surface area contributed by atoms with Gasteiger partial charge in [0.25, 0.3) is 5.69 Å². The Kier molecular flexibility index (Phi) is 5.28. The Balaban J connectivity index is 1.32. The van der Waals surface area contributed by atoms with E-state index in [0.29, 0.717) is 11.4 Å². The van der Waals surface area contributed by atoms with E-state index in [-0.39, 0.29) is 11.6 Å². The van der Waals surface area contributed by atoms with Crippen molar-refractivity contribution in [3.05, 3.63) is 113 Å². The molecule has 4 aromatic carbocycles. The minimum absolute atomic E-state index is 0.101. The lowest BCUT2D eigenvalue weighted by atomic mass is 9.88. The Hall–Kier alpha value is -5.31. The number of rotatable bonds is 4. The molecule has 3 amide bonds. The van der Waals surface area contributed by atoms with Gasteiger partial charge < -0.3 is 10.2 Å². The van der Waals surface area contributed by atoms with E-state index in [0.717, 1.165) is 22.0 Å². The predicted octanol–water partition coefficient (Wildman–Crippen LogP) is 4.78. The molecule has 0 bridgehead atoms. The number of para-hydroxylation sites is 1. The van der Waals surface area contributed by atoms with E-state index in [9.17, 15) is 24.5 Å². The highest BCUT2D eigenvalue weighted by atomic mass is 16.6. The Morgan fingerprint density at radius 2 is 1.48 bits per heavy atom. The van der Waals surface area contributed by atoms with Crippen LogP contribution < -0.4 is 15.1 Å². The molecule has 4 aromatic rings. The van der Waals surface area contributed by atoms with E-state index in [1.165, 1.54) is 29.2 Å². The second kappa shape index (κ2) is 8.88. The second-order valence-electron chi connectivity index (χ2n) is 10.1. The van der Waals surface area contributed by atoms with Crippen molar-refractivity contribution in [1.82, 2.24) is 0 Å². The van der Waals surface area contributed by atoms with Crippen LogP contribution in [0.15, 0.2) is 97.1 Å². The van der Waals surface area contributed by atoms with Crippen LogP contribution in [0.1, 0.15) is 5.56 Å². The number of benzene rings is 4. The molecule has 0 saturated carbocycles. The van der Waals surface area contributed by atoms with Crippen LogP contribution in [0.5, 0.6) is 0 Å². The normalized spacial score (nSPS) is 22.7. The molecule has 0 aliphatic carbocycles. The number of hydrogen-bond acceptors (Lipinski definition) is 6. The van der Waals surface area contributed by atoms with Gasteiger partial charge in [-0.2, -0.15) is 0 Å². The number of hydrogen-bond donors (Lipinski definition) is 1. The highest BCUT2D eigenvalue weighted by Gasteiger charge is 2.64. The first-order valence-corrected chi connectivity index (χ1v) is 12.9. The van der Waals surface area contributed by atoms with Gasteiger partial charge in [-0.1, -0.05) is 66.7 Å². The maximum Gasteiger partial charge on any atom is 0.269 e. The van der Waals surface area contributed by atoms with Crippen LogP contribution in [-0.2, 0) is 14.4 Å². The van der Waals surface area contributed by atoms with Crippen LogP contribution in [0.25, 0.3) is 16.8 Å². The molecule has 40 heavy (non-hydrogen) atoms. The molecule has 4 atom stereocenters. The zero-order chi connectivity index (χ0) is 27.5. The van der Waals surface area contributed by atoms with Gasteiger partial charge in [0.1, 0.15) is 6.04 Å². The number of nitro benzene ring substituents is 1. The van der Waals surface area contributed by atoms with Crippen LogP contribution in [0.3, 0.4) is 0 Å². The number of carbonyl (C=O) groups is 3. The molecule has 196 valence electrons. The van der Waals surface area contributed by atoms with Crippen molar-refractivity contribution < 1.29 is 19.3 Å². The summed E-state index contributed by atoms with van der Waals surface area (Å²) >= 11 is 0. The van der Waals surface area contributed by atoms with Crippen LogP contribution in [0.4, 0.5) is 22.7 Å². The van der Waals surface area contributed by atoms with Gasteiger partial charge in [-0.05, 0) is 35.2 Å². The summed E-state index contributed by atoms with van der Waals surface area (Å²) in [6.45, 7) is 0. The molecule has 2 saturated heterocycles. The Labute approximate surface area is 228 Å². The third-order valence-electron chi connectivity index (χ3n) is 8.04. The number of fused-ring (bicyclic) bond motifs is 6. The number of nitro groups is 1. The minimum atomic E-state index is -0.979. The zero-order valence-corrected chi connectivity index (χ0v) is 21.0. The summed E-state index contributed by atoms with van der Waals surface area (Å²) in [7, 11) is 0. The molecule has 3 aliphatic heterocycles. The fourth-order valence-electron chi connectivity index (χ4n) is 6.34. The van der Waals surface area contributed by atoms with Crippen LogP contribution in [-0.4, -0.2) is 34.7 Å². The highest BCUT2D eigenvalue weighted by molar-refractivity contribution is 6.27. The molecule has 3 heterocycles. The maximum absolute atomic E-state index is 14.2. The second-order valence-corrected chi connectivity index (χ2v) is 10.1. The maximum atomic E-state index is 14.2. The average molecular weight is 531 g/mol. The fourth-order valence-corrected chi connectivity index (χ4v) is 6.34. The molecule has 0 aromatic heterocycles. The van der Waals surface area contributed by atoms with Crippen molar-refractivity contribution in [3.63, 3.8) is 0 Å². The average Bonchev–Trinajstić information content (AvgIpc) is 3.45. The standard InChI is InChI=1S/C31H22N4O5/c36-29(32-20-13-15-21(16-14-20)35(39)40)28-27-26(25-17-12-19-7-2-4-10-23(19)33(25)28)30(37)34(31(27)38)24-11-5-8-18-6-1-3-9-22(18)24/h1-17,25-28H,(H,32,36)/t25-,26-,27-,28+/m1/s1. The molecule has 0 unspecified atom stereocenters. The lowest BCUT2D eigenvalue weighted by Crippen LogP contribution is -2.50. The molecular formula is C31H22N4O5. The van der Waals surface area contributed by atoms with E-state index < -0.39 is 40.7 Å². The van der Waals surface area contributed by atoms with Crippen LogP contribution in [0.2, 0.25) is 0 Å². The molecule has 0 radical (unpaired) electrons. The predicted molar refractivity (Wildman–Crippen MR) is 151 cm³/mol. The third-order valence-corrected chi connectivity index (χ3v) is 8.04. The van der Waals surface area contributed by atoms with Gasteiger partial charge >= 0.3 is 0 Å². The summed E-state index contributed by atoms with van der Waals surface area (Å²) in [4.78, 5) is 55.9. The largest absolute Gasteiger partial charge is 0.351 e. The Morgan fingerprint density at radius 1 is 0.800 bits per heavy atom. The number of nitrogens with zero attached hydrogens (tertiary/aromatic N) is 3. The smallest absolute Gasteiger partial charge is 0.269 e. The summed E-state index contributed by atoms with van der Waals surface area (Å²) in [5, 5.41) is 15.6. The first-order valence-electron chi connectivity index (χ1n) is 12.9. The van der Waals surface area contributed by atoms with E-state index >= 15 is 0 Å². The van der Waals surface area contributed by atoms with Gasteiger partial charge in [-0.25, -0.2) is 4.90 Å². The van der Waals surface area contributed by atoms with Crippen molar-refractivity contribution in [3.8, 4) is 0 Å². The first-order chi connectivity index (χ1) is 19.4. The lowest BCUT2D eigenvalue weighted by molar-refractivity contribution is -0.384. The van der Waals surface area contributed by atoms with Gasteiger partial charge in [0.05, 0.1) is 28.5 Å². The van der Waals surface area contributed by atoms with Crippen molar-refractivity contribution in [2.75, 3.05) is 15.1 Å². The number of carbonyl (C=O) groups excluding carboxylic acids is 3. The lowest BCUT2D eigenvalue weighted by Gasteiger charge is -2.36. The number of anilines is 3. The van der Waals surface area contributed by atoms with Gasteiger partial charge in [-0.3, -0.25) is 24.5 Å². The number of nitrogens with one attached hydrogen (secondary N) is 1. The van der Waals surface area contributed by atoms with Crippen molar-refractivity contribution in [1.29, 1.82) is 0 Å². The highest BCUT2D eigenvalue weighted by Crippen LogP contribution is 2.50. The molecule has 0 spiro atoms. The monoisotopic (exact) mass is 530 g/mol. The summed E-state index contributed by atoms with van der Waals surface area (Å²) in [6.07, 6.45) is 3.83. The molecular weight excluding hydrogens is 508 g/mol. The summed E-state index contributed by atoms with van der Waals surface area (Å²) in [5.41, 5.74) is 2.42. The van der Waals surface area contributed by atoms with Crippen molar-refractivity contribution in [2.24, 2.45) is 11.8 Å². The SMILES string of the molecule is O=C(Nc1ccc([N+](=O)[O-])cc1)[C@@H]1[C@@H]2C(=O)N(c3cccc4ccccc34)C(=O)[C@@H]2[C@H]2C=Cc3ccccc3N21. The van der Waals surface area contributed by atoms with Gasteiger partial charge in [-0.15, -0.1) is 0 Å². The topological polar surface area (TPSA) is 113 Å². The van der Waals surface area contributed by atoms with E-state index in [1.54, 1.807) is 6.07 Å². The van der Waals surface area contributed by atoms with E-state index in [1.807, 2.05) is 77.7 Å². The molecule has 1 N–H and O–H groups in total. The Morgan fingerprint density at radius 3 is 2.27 bits per heavy atom. The quantitative estimate of drug-likeness (QED) is 0.231. The van der Waals surface area contributed by atoms with Gasteiger partial charge in [0, 0.05) is 28.9 Å². The molecule has 9 nitrogen and oxygen atoms in total. The van der Waals surface area contributed by atoms with Gasteiger partial charge in [0.2, 0.25) is 17.7 Å².